The van der Waals surface area contributed by atoms with Crippen LogP contribution in [0.4, 0.5) is 0 Å². The van der Waals surface area contributed by atoms with Crippen molar-refractivity contribution in [3.05, 3.63) is 71.4 Å². The Balaban J connectivity index is 2.04. The Morgan fingerprint density at radius 1 is 1.00 bits per heavy atom. The molecule has 0 amide bonds. The Bertz CT molecular complexity index is 905. The van der Waals surface area contributed by atoms with Crippen molar-refractivity contribution in [2.75, 3.05) is 0 Å². The minimum atomic E-state index is 0.160. The van der Waals surface area contributed by atoms with Crippen LogP contribution in [0.15, 0.2) is 55.4 Å². The molecule has 1 aliphatic carbocycles. The third kappa shape index (κ3) is 8.04. The zero-order valence-corrected chi connectivity index (χ0v) is 21.4. The summed E-state index contributed by atoms with van der Waals surface area (Å²) in [6.07, 6.45) is 11.0. The molecule has 2 rings (SSSR count). The molecule has 3 unspecified atom stereocenters. The largest absolute Gasteiger partial charge is 0.381 e. The first kappa shape index (κ1) is 26.0. The van der Waals surface area contributed by atoms with Crippen LogP contribution in [0.1, 0.15) is 66.4 Å². The predicted molar refractivity (Wildman–Crippen MR) is 143 cm³/mol. The normalized spacial score (nSPS) is 18.1. The highest BCUT2D eigenvalue weighted by Crippen LogP contribution is 2.19. The Hall–Kier alpha value is -2.22. The van der Waals surface area contributed by atoms with Crippen LogP contribution >= 0.6 is 0 Å². The van der Waals surface area contributed by atoms with E-state index in [0.717, 1.165) is 37.1 Å². The van der Waals surface area contributed by atoms with Gasteiger partial charge in [0.25, 0.3) is 0 Å². The second kappa shape index (κ2) is 12.1. The first-order chi connectivity index (χ1) is 15.1. The van der Waals surface area contributed by atoms with Crippen molar-refractivity contribution in [3.63, 3.8) is 0 Å². The SMILES string of the molecule is C=CC(CC(C)C)NC(=C)[C@H](CC(C)C)NC(=C)C(C)Cc1ccc2c(c1)=CCC(C)C=2. The fourth-order valence-corrected chi connectivity index (χ4v) is 4.43. The third-order valence-corrected chi connectivity index (χ3v) is 6.33. The number of hydrogen-bond acceptors (Lipinski definition) is 2. The van der Waals surface area contributed by atoms with Gasteiger partial charge in [-0.1, -0.05) is 91.1 Å². The molecule has 1 aromatic rings. The van der Waals surface area contributed by atoms with Crippen LogP contribution in [0.2, 0.25) is 0 Å². The van der Waals surface area contributed by atoms with Gasteiger partial charge in [-0.05, 0) is 65.4 Å². The van der Waals surface area contributed by atoms with Gasteiger partial charge in [0.1, 0.15) is 0 Å². The lowest BCUT2D eigenvalue weighted by molar-refractivity contribution is 0.426. The van der Waals surface area contributed by atoms with Gasteiger partial charge in [-0.25, -0.2) is 0 Å². The molecule has 0 heterocycles. The molecule has 2 heteroatoms. The first-order valence-electron chi connectivity index (χ1n) is 12.4. The van der Waals surface area contributed by atoms with E-state index in [1.54, 1.807) is 0 Å². The summed E-state index contributed by atoms with van der Waals surface area (Å²) >= 11 is 0. The molecule has 0 spiro atoms. The zero-order chi connectivity index (χ0) is 23.8. The van der Waals surface area contributed by atoms with Gasteiger partial charge in [-0.3, -0.25) is 0 Å². The highest BCUT2D eigenvalue weighted by molar-refractivity contribution is 5.41. The molecule has 0 saturated carbocycles. The van der Waals surface area contributed by atoms with E-state index in [2.05, 4.69) is 102 Å². The topological polar surface area (TPSA) is 24.1 Å². The lowest BCUT2D eigenvalue weighted by Crippen LogP contribution is -2.41. The summed E-state index contributed by atoms with van der Waals surface area (Å²) < 4.78 is 0. The van der Waals surface area contributed by atoms with E-state index in [1.807, 2.05) is 6.08 Å². The van der Waals surface area contributed by atoms with E-state index in [1.165, 1.54) is 16.0 Å². The van der Waals surface area contributed by atoms with Crippen molar-refractivity contribution in [3.8, 4) is 0 Å². The van der Waals surface area contributed by atoms with E-state index >= 15 is 0 Å². The second-order valence-electron chi connectivity index (χ2n) is 10.6. The predicted octanol–water partition coefficient (Wildman–Crippen LogP) is 5.69. The van der Waals surface area contributed by atoms with Crippen molar-refractivity contribution >= 4 is 12.2 Å². The van der Waals surface area contributed by atoms with Crippen LogP contribution in [0.5, 0.6) is 0 Å². The molecule has 2 nitrogen and oxygen atoms in total. The molecule has 0 bridgehead atoms. The smallest absolute Gasteiger partial charge is 0.0653 e. The zero-order valence-electron chi connectivity index (χ0n) is 21.4. The molecule has 0 fully saturated rings. The summed E-state index contributed by atoms with van der Waals surface area (Å²) in [4.78, 5) is 0. The monoisotopic (exact) mass is 434 g/mol. The van der Waals surface area contributed by atoms with Crippen molar-refractivity contribution in [2.24, 2.45) is 23.7 Å². The number of nitrogens with one attached hydrogen (secondary N) is 2. The van der Waals surface area contributed by atoms with Gasteiger partial charge < -0.3 is 10.6 Å². The Labute approximate surface area is 197 Å². The summed E-state index contributed by atoms with van der Waals surface area (Å²) in [6.45, 7) is 26.4. The standard InChI is InChI=1S/C30H46N2/c1-10-29(15-20(2)3)31-25(9)30(16-21(4)5)32-24(8)23(7)18-26-12-14-27-17-22(6)11-13-28(27)19-26/h10,12-14,17,19-23,29-32H,1,8-9,11,15-16,18H2,2-7H3/t22?,23?,29?,30-/m0/s1. The lowest BCUT2D eigenvalue weighted by atomic mass is 9.93. The van der Waals surface area contributed by atoms with Crippen LogP contribution in [0, 0.1) is 23.7 Å². The molecule has 0 saturated heterocycles. The van der Waals surface area contributed by atoms with Crippen LogP contribution < -0.4 is 21.1 Å². The van der Waals surface area contributed by atoms with Gasteiger partial charge in [-0.15, -0.1) is 6.58 Å². The molecule has 32 heavy (non-hydrogen) atoms. The summed E-state index contributed by atoms with van der Waals surface area (Å²) in [5.41, 5.74) is 3.49. The fraction of sp³-hybridized carbons (Fsp3) is 0.533. The molecule has 2 N–H and O–H groups in total. The Kier molecular flexibility index (Phi) is 9.87. The first-order valence-corrected chi connectivity index (χ1v) is 12.4. The van der Waals surface area contributed by atoms with Crippen LogP contribution in [-0.4, -0.2) is 12.1 Å². The summed E-state index contributed by atoms with van der Waals surface area (Å²) in [6, 6.07) is 7.31. The Morgan fingerprint density at radius 2 is 1.69 bits per heavy atom. The molecular formula is C30H46N2. The van der Waals surface area contributed by atoms with Crippen molar-refractivity contribution in [2.45, 2.75) is 79.3 Å². The summed E-state index contributed by atoms with van der Waals surface area (Å²) in [5, 5.41) is 10.1. The van der Waals surface area contributed by atoms with Gasteiger partial charge >= 0.3 is 0 Å². The van der Waals surface area contributed by atoms with Gasteiger partial charge in [-0.2, -0.15) is 0 Å². The molecular weight excluding hydrogens is 388 g/mol. The van der Waals surface area contributed by atoms with Gasteiger partial charge in [0.05, 0.1) is 6.04 Å². The van der Waals surface area contributed by atoms with Crippen LogP contribution in [-0.2, 0) is 6.42 Å². The second-order valence-corrected chi connectivity index (χ2v) is 10.6. The van der Waals surface area contributed by atoms with Crippen molar-refractivity contribution < 1.29 is 0 Å². The van der Waals surface area contributed by atoms with Gasteiger partial charge in [0.15, 0.2) is 0 Å². The molecule has 0 aromatic heterocycles. The minimum absolute atomic E-state index is 0.160. The highest BCUT2D eigenvalue weighted by Gasteiger charge is 2.20. The van der Waals surface area contributed by atoms with E-state index in [4.69, 9.17) is 0 Å². The molecule has 0 aliphatic heterocycles. The summed E-state index contributed by atoms with van der Waals surface area (Å²) in [7, 11) is 0. The quantitative estimate of drug-likeness (QED) is 0.390. The maximum absolute atomic E-state index is 4.41. The number of hydrogen-bond donors (Lipinski definition) is 2. The van der Waals surface area contributed by atoms with Gasteiger partial charge in [0.2, 0.25) is 0 Å². The third-order valence-electron chi connectivity index (χ3n) is 6.33. The average Bonchev–Trinajstić information content (AvgIpc) is 2.71. The van der Waals surface area contributed by atoms with E-state index < -0.39 is 0 Å². The maximum Gasteiger partial charge on any atom is 0.0653 e. The number of allylic oxidation sites excluding steroid dienone is 1. The fourth-order valence-electron chi connectivity index (χ4n) is 4.43. The number of rotatable bonds is 13. The Morgan fingerprint density at radius 3 is 2.31 bits per heavy atom. The maximum atomic E-state index is 4.41. The van der Waals surface area contributed by atoms with Crippen LogP contribution in [0.25, 0.3) is 12.2 Å². The van der Waals surface area contributed by atoms with E-state index in [0.29, 0.717) is 23.7 Å². The van der Waals surface area contributed by atoms with E-state index in [-0.39, 0.29) is 12.1 Å². The lowest BCUT2D eigenvalue weighted by Gasteiger charge is -2.30. The summed E-state index contributed by atoms with van der Waals surface area (Å²) in [5.74, 6) is 2.15. The number of fused-ring (bicyclic) bond motifs is 1. The van der Waals surface area contributed by atoms with Crippen LogP contribution in [0.3, 0.4) is 0 Å². The molecule has 0 radical (unpaired) electrons. The van der Waals surface area contributed by atoms with Crippen molar-refractivity contribution in [1.29, 1.82) is 0 Å². The minimum Gasteiger partial charge on any atom is -0.381 e. The molecule has 1 aromatic carbocycles. The van der Waals surface area contributed by atoms with Gasteiger partial charge in [0, 0.05) is 17.4 Å². The van der Waals surface area contributed by atoms with E-state index in [9.17, 15) is 0 Å². The highest BCUT2D eigenvalue weighted by atomic mass is 15.0. The number of benzene rings is 1. The van der Waals surface area contributed by atoms with Crippen molar-refractivity contribution in [1.82, 2.24) is 10.6 Å². The molecule has 1 aliphatic rings. The molecule has 176 valence electrons. The average molecular weight is 435 g/mol. The molecule has 4 atom stereocenters.